The highest BCUT2D eigenvalue weighted by Crippen LogP contribution is 2.19. The Kier molecular flexibility index (Phi) is 3.05. The third-order valence-electron chi connectivity index (χ3n) is 2.23. The molecule has 0 aliphatic rings. The van der Waals surface area contributed by atoms with E-state index in [2.05, 4.69) is 4.98 Å². The maximum atomic E-state index is 11.8. The number of hydrogen-bond acceptors (Lipinski definition) is 6. The van der Waals surface area contributed by atoms with Crippen LogP contribution in [-0.2, 0) is 6.54 Å². The molecule has 7 nitrogen and oxygen atoms in total. The summed E-state index contributed by atoms with van der Waals surface area (Å²) in [4.78, 5) is 29.4. The number of nitrogens with zero attached hydrogens (tertiary/aromatic N) is 3. The molecule has 0 aromatic carbocycles. The van der Waals surface area contributed by atoms with E-state index in [0.717, 1.165) is 9.28 Å². The van der Waals surface area contributed by atoms with Crippen LogP contribution in [0.2, 0.25) is 0 Å². The largest absolute Gasteiger partial charge is 0.501 e. The Labute approximate surface area is 106 Å². The minimum Gasteiger partial charge on any atom is -0.501 e. The van der Waals surface area contributed by atoms with Crippen LogP contribution in [0.3, 0.4) is 0 Å². The van der Waals surface area contributed by atoms with Crippen LogP contribution in [0.25, 0.3) is 4.96 Å². The number of fused-ring (bicyclic) bond motifs is 1. The van der Waals surface area contributed by atoms with Gasteiger partial charge in [-0.3, -0.25) is 9.20 Å². The van der Waals surface area contributed by atoms with Crippen LogP contribution in [0.5, 0.6) is 5.75 Å². The number of carboxylic acid groups (broad SMARTS) is 1. The monoisotopic (exact) mass is 269 g/mol. The zero-order valence-electron chi connectivity index (χ0n) is 9.75. The predicted octanol–water partition coefficient (Wildman–Crippen LogP) is 0.221. The maximum absolute atomic E-state index is 11.8. The summed E-state index contributed by atoms with van der Waals surface area (Å²) in [5.74, 6) is -2.26. The number of hydrogen-bond donors (Lipinski definition) is 2. The fourth-order valence-electron chi connectivity index (χ4n) is 1.51. The normalized spacial score (nSPS) is 11.3. The van der Waals surface area contributed by atoms with Crippen molar-refractivity contribution in [1.82, 2.24) is 14.3 Å². The third-order valence-corrected chi connectivity index (χ3v) is 3.20. The summed E-state index contributed by atoms with van der Waals surface area (Å²) in [6.07, 6.45) is 1.56. The van der Waals surface area contributed by atoms with E-state index in [0.29, 0.717) is 6.54 Å². The Morgan fingerprint density at radius 3 is 2.78 bits per heavy atom. The summed E-state index contributed by atoms with van der Waals surface area (Å²) in [5.41, 5.74) is -1.38. The van der Waals surface area contributed by atoms with Crippen molar-refractivity contribution in [2.45, 2.75) is 6.54 Å². The van der Waals surface area contributed by atoms with Gasteiger partial charge in [0.2, 0.25) is 5.75 Å². The van der Waals surface area contributed by atoms with Gasteiger partial charge in [0.05, 0.1) is 0 Å². The molecule has 0 fully saturated rings. The van der Waals surface area contributed by atoms with E-state index in [9.17, 15) is 14.7 Å². The van der Waals surface area contributed by atoms with E-state index >= 15 is 0 Å². The molecule has 0 amide bonds. The van der Waals surface area contributed by atoms with Crippen molar-refractivity contribution in [3.05, 3.63) is 27.1 Å². The molecular formula is C10H11N3O4S. The molecule has 0 aliphatic carbocycles. The zero-order chi connectivity index (χ0) is 13.4. The van der Waals surface area contributed by atoms with Crippen molar-refractivity contribution >= 4 is 22.3 Å². The summed E-state index contributed by atoms with van der Waals surface area (Å²) >= 11 is 1.22. The van der Waals surface area contributed by atoms with Gasteiger partial charge in [0.25, 0.3) is 0 Å². The first-order valence-corrected chi connectivity index (χ1v) is 5.84. The van der Waals surface area contributed by atoms with Gasteiger partial charge in [-0.25, -0.2) is 9.78 Å². The molecule has 0 unspecified atom stereocenters. The lowest BCUT2D eigenvalue weighted by Crippen LogP contribution is -2.17. The summed E-state index contributed by atoms with van der Waals surface area (Å²) in [7, 11) is 3.75. The molecule has 2 N–H and O–H groups in total. The molecule has 2 rings (SSSR count). The molecule has 0 radical (unpaired) electrons. The van der Waals surface area contributed by atoms with Crippen molar-refractivity contribution < 1.29 is 15.0 Å². The van der Waals surface area contributed by atoms with Crippen LogP contribution >= 0.6 is 11.3 Å². The van der Waals surface area contributed by atoms with Crippen LogP contribution < -0.4 is 5.56 Å². The van der Waals surface area contributed by atoms with Gasteiger partial charge in [-0.2, -0.15) is 0 Å². The summed E-state index contributed by atoms with van der Waals surface area (Å²) in [5, 5.41) is 18.3. The lowest BCUT2D eigenvalue weighted by molar-refractivity contribution is 0.0687. The topological polar surface area (TPSA) is 95.1 Å². The molecule has 0 saturated heterocycles. The Morgan fingerprint density at radius 1 is 1.56 bits per heavy atom. The van der Waals surface area contributed by atoms with E-state index < -0.39 is 23.0 Å². The zero-order valence-corrected chi connectivity index (χ0v) is 10.6. The van der Waals surface area contributed by atoms with Gasteiger partial charge in [0, 0.05) is 17.6 Å². The first-order chi connectivity index (χ1) is 8.40. The van der Waals surface area contributed by atoms with Gasteiger partial charge >= 0.3 is 11.5 Å². The van der Waals surface area contributed by atoms with Gasteiger partial charge in [-0.15, -0.1) is 0 Å². The average molecular weight is 269 g/mol. The molecule has 0 atom stereocenters. The Morgan fingerprint density at radius 2 is 2.22 bits per heavy atom. The van der Waals surface area contributed by atoms with Crippen molar-refractivity contribution in [2.75, 3.05) is 14.1 Å². The highest BCUT2D eigenvalue weighted by atomic mass is 32.1. The number of carbonyl (C=O) groups is 1. The van der Waals surface area contributed by atoms with E-state index in [1.165, 1.54) is 11.3 Å². The fraction of sp³-hybridized carbons (Fsp3) is 0.300. The Balaban J connectivity index is 2.66. The van der Waals surface area contributed by atoms with E-state index in [1.54, 1.807) is 6.20 Å². The first kappa shape index (κ1) is 12.5. The van der Waals surface area contributed by atoms with Gasteiger partial charge < -0.3 is 15.1 Å². The molecule has 18 heavy (non-hydrogen) atoms. The number of aromatic hydroxyl groups is 1. The highest BCUT2D eigenvalue weighted by molar-refractivity contribution is 7.17. The van der Waals surface area contributed by atoms with E-state index in [1.807, 2.05) is 19.0 Å². The molecule has 0 spiro atoms. The Hall–Kier alpha value is -1.93. The van der Waals surface area contributed by atoms with Crippen LogP contribution in [0.1, 0.15) is 15.4 Å². The predicted molar refractivity (Wildman–Crippen MR) is 65.4 cm³/mol. The first-order valence-electron chi connectivity index (χ1n) is 5.02. The summed E-state index contributed by atoms with van der Waals surface area (Å²) in [6, 6.07) is 0. The van der Waals surface area contributed by atoms with Crippen molar-refractivity contribution in [3.63, 3.8) is 0 Å². The molecule has 0 aliphatic heterocycles. The summed E-state index contributed by atoms with van der Waals surface area (Å²) in [6.45, 7) is 0.608. The van der Waals surface area contributed by atoms with Crippen molar-refractivity contribution in [1.29, 1.82) is 0 Å². The Bertz CT molecular complexity index is 674. The molecular weight excluding hydrogens is 258 g/mol. The van der Waals surface area contributed by atoms with Crippen molar-refractivity contribution in [2.24, 2.45) is 0 Å². The number of thiazole rings is 1. The molecule has 2 heterocycles. The van der Waals surface area contributed by atoms with Crippen LogP contribution in [-0.4, -0.2) is 44.6 Å². The molecule has 96 valence electrons. The number of aromatic carboxylic acids is 1. The molecule has 0 saturated carbocycles. The van der Waals surface area contributed by atoms with E-state index in [4.69, 9.17) is 5.11 Å². The van der Waals surface area contributed by atoms with Gasteiger partial charge in [0.15, 0.2) is 10.7 Å². The smallest absolute Gasteiger partial charge is 0.358 e. The number of carboxylic acids is 1. The second-order valence-electron chi connectivity index (χ2n) is 4.01. The third kappa shape index (κ3) is 2.07. The fourth-order valence-corrected chi connectivity index (χ4v) is 2.60. The summed E-state index contributed by atoms with van der Waals surface area (Å²) < 4.78 is 1.16. The second kappa shape index (κ2) is 4.39. The quantitative estimate of drug-likeness (QED) is 0.827. The molecule has 0 bridgehead atoms. The van der Waals surface area contributed by atoms with Crippen LogP contribution in [0, 0.1) is 0 Å². The van der Waals surface area contributed by atoms with Crippen LogP contribution in [0.15, 0.2) is 11.0 Å². The number of aromatic nitrogens is 2. The second-order valence-corrected chi connectivity index (χ2v) is 5.10. The lowest BCUT2D eigenvalue weighted by Gasteiger charge is -2.05. The average Bonchev–Trinajstić information content (AvgIpc) is 2.65. The minimum absolute atomic E-state index is 0.257. The van der Waals surface area contributed by atoms with E-state index in [-0.39, 0.29) is 4.96 Å². The van der Waals surface area contributed by atoms with Gasteiger partial charge in [0.1, 0.15) is 0 Å². The molecule has 2 aromatic rings. The van der Waals surface area contributed by atoms with Gasteiger partial charge in [-0.05, 0) is 14.1 Å². The minimum atomic E-state index is -1.42. The maximum Gasteiger partial charge on any atom is 0.358 e. The SMILES string of the molecule is CN(C)Cc1cn2c(=O)c(O)c(C(=O)O)nc2s1. The van der Waals surface area contributed by atoms with Crippen molar-refractivity contribution in [3.8, 4) is 5.75 Å². The lowest BCUT2D eigenvalue weighted by atomic mass is 10.4. The standard InChI is InChI=1S/C10H11N3O4S/c1-12(2)3-5-4-13-8(15)7(14)6(9(16)17)11-10(13)18-5/h4,14H,3H2,1-2H3,(H,16,17). The molecule has 2 aromatic heterocycles. The van der Waals surface area contributed by atoms with Crippen LogP contribution in [0.4, 0.5) is 0 Å². The highest BCUT2D eigenvalue weighted by Gasteiger charge is 2.19. The van der Waals surface area contributed by atoms with Gasteiger partial charge in [-0.1, -0.05) is 11.3 Å². The molecule has 8 heteroatoms. The number of rotatable bonds is 3.